The second kappa shape index (κ2) is 6.32. The molecule has 7 heteroatoms. The summed E-state index contributed by atoms with van der Waals surface area (Å²) in [5.41, 5.74) is 6.04. The molecule has 0 radical (unpaired) electrons. The number of imide groups is 1. The van der Waals surface area contributed by atoms with Gasteiger partial charge in [0.25, 0.3) is 5.91 Å². The van der Waals surface area contributed by atoms with Gasteiger partial charge in [-0.05, 0) is 50.6 Å². The van der Waals surface area contributed by atoms with Crippen molar-refractivity contribution in [3.63, 3.8) is 0 Å². The molecular weight excluding hydrogens is 313 g/mol. The van der Waals surface area contributed by atoms with Crippen LogP contribution < -0.4 is 10.6 Å². The van der Waals surface area contributed by atoms with Gasteiger partial charge < -0.3 is 5.73 Å². The van der Waals surface area contributed by atoms with Crippen LogP contribution in [-0.2, 0) is 14.4 Å². The lowest BCUT2D eigenvalue weighted by Crippen LogP contribution is -2.47. The Bertz CT molecular complexity index is 698. The second-order valence-corrected chi connectivity index (χ2v) is 6.45. The smallest absolute Gasteiger partial charge is 0.251 e. The molecular formula is C17H20FN3O3. The van der Waals surface area contributed by atoms with Crippen LogP contribution in [0.5, 0.6) is 0 Å². The number of halogens is 1. The predicted octanol–water partition coefficient (Wildman–Crippen LogP) is 0.963. The normalized spacial score (nSPS) is 23.1. The van der Waals surface area contributed by atoms with Crippen LogP contribution in [0.1, 0.15) is 24.8 Å². The van der Waals surface area contributed by atoms with Crippen molar-refractivity contribution in [1.29, 1.82) is 0 Å². The maximum absolute atomic E-state index is 14.1. The summed E-state index contributed by atoms with van der Waals surface area (Å²) < 4.78 is 14.1. The van der Waals surface area contributed by atoms with Gasteiger partial charge >= 0.3 is 0 Å². The topological polar surface area (TPSA) is 83.7 Å². The highest BCUT2D eigenvalue weighted by molar-refractivity contribution is 6.22. The molecule has 2 N–H and O–H groups in total. The first-order valence-corrected chi connectivity index (χ1v) is 8.05. The van der Waals surface area contributed by atoms with Gasteiger partial charge in [-0.2, -0.15) is 0 Å². The molecule has 0 aromatic heterocycles. The summed E-state index contributed by atoms with van der Waals surface area (Å²) in [4.78, 5) is 39.0. The Morgan fingerprint density at radius 2 is 1.92 bits per heavy atom. The van der Waals surface area contributed by atoms with Crippen molar-refractivity contribution in [1.82, 2.24) is 4.90 Å². The molecule has 1 aromatic rings. The fourth-order valence-corrected chi connectivity index (χ4v) is 3.44. The number of carbonyl (C=O) groups is 3. The van der Waals surface area contributed by atoms with E-state index in [-0.39, 0.29) is 23.9 Å². The van der Waals surface area contributed by atoms with E-state index in [9.17, 15) is 18.8 Å². The number of anilines is 1. The molecule has 2 saturated heterocycles. The van der Waals surface area contributed by atoms with E-state index >= 15 is 0 Å². The van der Waals surface area contributed by atoms with Gasteiger partial charge in [0, 0.05) is 5.92 Å². The van der Waals surface area contributed by atoms with Crippen LogP contribution >= 0.6 is 0 Å². The number of benzene rings is 1. The minimum atomic E-state index is -0.591. The minimum Gasteiger partial charge on any atom is -0.369 e. The first-order chi connectivity index (χ1) is 11.4. The van der Waals surface area contributed by atoms with Gasteiger partial charge in [0.15, 0.2) is 0 Å². The molecule has 1 unspecified atom stereocenters. The zero-order valence-electron chi connectivity index (χ0n) is 13.5. The number of primary amides is 1. The molecule has 2 heterocycles. The van der Waals surface area contributed by atoms with Crippen molar-refractivity contribution in [3.05, 3.63) is 29.6 Å². The Balaban J connectivity index is 1.76. The van der Waals surface area contributed by atoms with Crippen LogP contribution in [0.2, 0.25) is 0 Å². The highest BCUT2D eigenvalue weighted by atomic mass is 19.1. The number of hydrogen-bond acceptors (Lipinski definition) is 4. The number of carbonyl (C=O) groups excluding carboxylic acids is 3. The zero-order chi connectivity index (χ0) is 17.4. The molecule has 24 heavy (non-hydrogen) atoms. The largest absolute Gasteiger partial charge is 0.369 e. The van der Waals surface area contributed by atoms with Gasteiger partial charge in [-0.15, -0.1) is 0 Å². The van der Waals surface area contributed by atoms with Gasteiger partial charge in [-0.25, -0.2) is 9.29 Å². The third kappa shape index (κ3) is 2.91. The summed E-state index contributed by atoms with van der Waals surface area (Å²) in [6.07, 6.45) is 1.19. The van der Waals surface area contributed by atoms with Crippen LogP contribution in [0.15, 0.2) is 18.2 Å². The SMILES string of the molecule is Cc1ccc(N2C(=O)CC(N3CCC(C(N)=O)CC3)C2=O)c(F)c1. The van der Waals surface area contributed by atoms with E-state index in [0.29, 0.717) is 25.9 Å². The second-order valence-electron chi connectivity index (χ2n) is 6.45. The summed E-state index contributed by atoms with van der Waals surface area (Å²) in [6, 6.07) is 3.85. The summed E-state index contributed by atoms with van der Waals surface area (Å²) in [5.74, 6) is -1.89. The third-order valence-corrected chi connectivity index (χ3v) is 4.84. The average molecular weight is 333 g/mol. The van der Waals surface area contributed by atoms with Gasteiger partial charge in [0.1, 0.15) is 5.82 Å². The maximum atomic E-state index is 14.1. The standard InChI is InChI=1S/C17H20FN3O3/c1-10-2-3-13(12(18)8-10)21-15(22)9-14(17(21)24)20-6-4-11(5-7-20)16(19)23/h2-3,8,11,14H,4-7,9H2,1H3,(H2,19,23). The van der Waals surface area contributed by atoms with E-state index in [1.54, 1.807) is 13.0 Å². The zero-order valence-corrected chi connectivity index (χ0v) is 13.5. The maximum Gasteiger partial charge on any atom is 0.251 e. The van der Waals surface area contributed by atoms with Gasteiger partial charge in [-0.1, -0.05) is 6.07 Å². The van der Waals surface area contributed by atoms with E-state index in [1.165, 1.54) is 12.1 Å². The summed E-state index contributed by atoms with van der Waals surface area (Å²) in [5, 5.41) is 0. The quantitative estimate of drug-likeness (QED) is 0.835. The van der Waals surface area contributed by atoms with E-state index in [0.717, 1.165) is 10.5 Å². The van der Waals surface area contributed by atoms with Gasteiger partial charge in [0.2, 0.25) is 11.8 Å². The van der Waals surface area contributed by atoms with E-state index in [1.807, 2.05) is 4.90 Å². The highest BCUT2D eigenvalue weighted by Crippen LogP contribution is 2.30. The van der Waals surface area contributed by atoms with Crippen LogP contribution in [0.25, 0.3) is 0 Å². The summed E-state index contributed by atoms with van der Waals surface area (Å²) in [7, 11) is 0. The fourth-order valence-electron chi connectivity index (χ4n) is 3.44. The number of nitrogens with two attached hydrogens (primary N) is 1. The molecule has 0 spiro atoms. The monoisotopic (exact) mass is 333 g/mol. The molecule has 0 bridgehead atoms. The highest BCUT2D eigenvalue weighted by Gasteiger charge is 2.44. The molecule has 2 aliphatic heterocycles. The number of nitrogens with zero attached hydrogens (tertiary/aromatic N) is 2. The van der Waals surface area contributed by atoms with Crippen molar-refractivity contribution in [2.45, 2.75) is 32.2 Å². The van der Waals surface area contributed by atoms with Crippen LogP contribution in [0.3, 0.4) is 0 Å². The third-order valence-electron chi connectivity index (χ3n) is 4.84. The van der Waals surface area contributed by atoms with Crippen molar-refractivity contribution < 1.29 is 18.8 Å². The van der Waals surface area contributed by atoms with Crippen molar-refractivity contribution in [2.75, 3.05) is 18.0 Å². The Morgan fingerprint density at radius 1 is 1.25 bits per heavy atom. The molecule has 0 aliphatic carbocycles. The Morgan fingerprint density at radius 3 is 2.50 bits per heavy atom. The fraction of sp³-hybridized carbons (Fsp3) is 0.471. The molecule has 2 aliphatic rings. The Labute approximate surface area is 139 Å². The molecule has 1 atom stereocenters. The van der Waals surface area contributed by atoms with Crippen LogP contribution in [0, 0.1) is 18.7 Å². The first-order valence-electron chi connectivity index (χ1n) is 8.05. The predicted molar refractivity (Wildman–Crippen MR) is 85.5 cm³/mol. The molecule has 6 nitrogen and oxygen atoms in total. The number of rotatable bonds is 3. The lowest BCUT2D eigenvalue weighted by Gasteiger charge is -2.33. The number of likely N-dealkylation sites (tertiary alicyclic amines) is 1. The Hall–Kier alpha value is -2.28. The number of amides is 3. The molecule has 2 fully saturated rings. The molecule has 3 rings (SSSR count). The van der Waals surface area contributed by atoms with Gasteiger partial charge in [0.05, 0.1) is 18.2 Å². The van der Waals surface area contributed by atoms with Crippen molar-refractivity contribution in [3.8, 4) is 0 Å². The van der Waals surface area contributed by atoms with E-state index in [4.69, 9.17) is 5.73 Å². The molecule has 0 saturated carbocycles. The van der Waals surface area contributed by atoms with Crippen molar-refractivity contribution in [2.24, 2.45) is 11.7 Å². The van der Waals surface area contributed by atoms with Gasteiger partial charge in [-0.3, -0.25) is 19.3 Å². The molecule has 3 amide bonds. The number of aryl methyl sites for hydroxylation is 1. The number of hydrogen-bond donors (Lipinski definition) is 1. The van der Waals surface area contributed by atoms with Crippen LogP contribution in [0.4, 0.5) is 10.1 Å². The average Bonchev–Trinajstić information content (AvgIpc) is 2.83. The van der Waals surface area contributed by atoms with Crippen LogP contribution in [-0.4, -0.2) is 41.8 Å². The summed E-state index contributed by atoms with van der Waals surface area (Å²) >= 11 is 0. The minimum absolute atomic E-state index is 0.00474. The van der Waals surface area contributed by atoms with E-state index in [2.05, 4.69) is 0 Å². The lowest BCUT2D eigenvalue weighted by atomic mass is 9.95. The summed E-state index contributed by atoms with van der Waals surface area (Å²) in [6.45, 7) is 2.80. The first kappa shape index (κ1) is 16.6. The van der Waals surface area contributed by atoms with Crippen molar-refractivity contribution >= 4 is 23.4 Å². The Kier molecular flexibility index (Phi) is 4.36. The number of piperidine rings is 1. The van der Waals surface area contributed by atoms with E-state index < -0.39 is 23.7 Å². The molecule has 128 valence electrons. The lowest BCUT2D eigenvalue weighted by molar-refractivity contribution is -0.124. The molecule has 1 aromatic carbocycles.